The summed E-state index contributed by atoms with van der Waals surface area (Å²) in [7, 11) is 7.33. The van der Waals surface area contributed by atoms with Crippen molar-refractivity contribution >= 4 is 40.3 Å². The van der Waals surface area contributed by atoms with E-state index in [0.29, 0.717) is 12.3 Å². The summed E-state index contributed by atoms with van der Waals surface area (Å²) >= 11 is 1.11. The zero-order valence-electron chi connectivity index (χ0n) is 21.2. The summed E-state index contributed by atoms with van der Waals surface area (Å²) in [4.78, 5) is 19.8. The number of ether oxygens (including phenoxy) is 2. The third-order valence-electron chi connectivity index (χ3n) is 6.39. The number of carbonyl (C=O) groups is 1. The maximum absolute atomic E-state index is 12.6. The van der Waals surface area contributed by atoms with Gasteiger partial charge in [-0.2, -0.15) is 10.1 Å². The minimum atomic E-state index is -0.258. The van der Waals surface area contributed by atoms with Crippen molar-refractivity contribution in [2.75, 3.05) is 33.2 Å². The van der Waals surface area contributed by atoms with Gasteiger partial charge in [-0.15, -0.1) is 0 Å². The molecule has 0 aliphatic carbocycles. The number of hydrogen-bond acceptors (Lipinski definition) is 7. The van der Waals surface area contributed by atoms with Gasteiger partial charge in [0.15, 0.2) is 5.84 Å². The van der Waals surface area contributed by atoms with Crippen molar-refractivity contribution < 1.29 is 14.3 Å². The Balaban J connectivity index is 1.56. The van der Waals surface area contributed by atoms with Gasteiger partial charge in [0, 0.05) is 31.8 Å². The largest absolute Gasteiger partial charge is 0.497 e. The number of methoxy groups -OCH3 is 2. The molecular weight excluding hydrogens is 484 g/mol. The van der Waals surface area contributed by atoms with Gasteiger partial charge in [-0.3, -0.25) is 4.79 Å². The van der Waals surface area contributed by atoms with Gasteiger partial charge in [0.1, 0.15) is 11.5 Å². The second-order valence-corrected chi connectivity index (χ2v) is 9.87. The first-order chi connectivity index (χ1) is 18.0. The van der Waals surface area contributed by atoms with Crippen molar-refractivity contribution in [2.45, 2.75) is 12.5 Å². The molecule has 0 saturated heterocycles. The predicted molar refractivity (Wildman–Crippen MR) is 151 cm³/mol. The third-order valence-corrected chi connectivity index (χ3v) is 7.17. The van der Waals surface area contributed by atoms with Gasteiger partial charge >= 0.3 is 5.24 Å². The molecule has 1 unspecified atom stereocenters. The lowest BCUT2D eigenvalue weighted by Gasteiger charge is -2.24. The first-order valence-electron chi connectivity index (χ1n) is 11.9. The number of nitrogens with zero attached hydrogens (tertiary/aromatic N) is 4. The average Bonchev–Trinajstić information content (AvgIpc) is 3.52. The molecule has 2 heterocycles. The SMILES string of the molecule is COc1ccc(C2=NN(C3=NC(=O)S/C3=C\c3ccccc3OC)C(c3ccc(N(C)C)cc3)C2)cc1. The van der Waals surface area contributed by atoms with Crippen LogP contribution in [0.5, 0.6) is 11.5 Å². The number of hydrazone groups is 1. The predicted octanol–water partition coefficient (Wildman–Crippen LogP) is 6.23. The van der Waals surface area contributed by atoms with Crippen molar-refractivity contribution in [2.24, 2.45) is 10.1 Å². The lowest BCUT2D eigenvalue weighted by atomic mass is 9.98. The number of hydrogen-bond donors (Lipinski definition) is 0. The Morgan fingerprint density at radius 2 is 1.70 bits per heavy atom. The van der Waals surface area contributed by atoms with Crippen LogP contribution in [0.4, 0.5) is 10.5 Å². The van der Waals surface area contributed by atoms with Gasteiger partial charge in [0.2, 0.25) is 0 Å². The van der Waals surface area contributed by atoms with Gasteiger partial charge in [-0.25, -0.2) is 5.01 Å². The van der Waals surface area contributed by atoms with E-state index in [-0.39, 0.29) is 11.3 Å². The molecular formula is C29H28N4O3S. The zero-order valence-corrected chi connectivity index (χ0v) is 22.0. The summed E-state index contributed by atoms with van der Waals surface area (Å²) in [6, 6.07) is 23.9. The molecule has 7 nitrogen and oxygen atoms in total. The second-order valence-electron chi connectivity index (χ2n) is 8.88. The highest BCUT2D eigenvalue weighted by atomic mass is 32.2. The second kappa shape index (κ2) is 10.5. The number of aliphatic imine (C=N–C) groups is 1. The van der Waals surface area contributed by atoms with Crippen LogP contribution in [0.25, 0.3) is 6.08 Å². The van der Waals surface area contributed by atoms with Crippen LogP contribution in [0.3, 0.4) is 0 Å². The van der Waals surface area contributed by atoms with Crippen molar-refractivity contribution in [1.29, 1.82) is 0 Å². The van der Waals surface area contributed by atoms with Crippen LogP contribution in [0.1, 0.15) is 29.2 Å². The van der Waals surface area contributed by atoms with E-state index in [1.54, 1.807) is 14.2 Å². The zero-order chi connectivity index (χ0) is 25.9. The van der Waals surface area contributed by atoms with Gasteiger partial charge in [-0.05, 0) is 71.4 Å². The molecule has 0 radical (unpaired) electrons. The first-order valence-corrected chi connectivity index (χ1v) is 12.7. The number of amides is 1. The first kappa shape index (κ1) is 24.6. The minimum absolute atomic E-state index is 0.111. The Morgan fingerprint density at radius 3 is 2.38 bits per heavy atom. The van der Waals surface area contributed by atoms with E-state index in [4.69, 9.17) is 14.6 Å². The highest BCUT2D eigenvalue weighted by molar-refractivity contribution is 8.18. The monoisotopic (exact) mass is 512 g/mol. The minimum Gasteiger partial charge on any atom is -0.497 e. The normalized spacial score (nSPS) is 18.2. The van der Waals surface area contributed by atoms with Gasteiger partial charge in [-0.1, -0.05) is 30.3 Å². The van der Waals surface area contributed by atoms with Crippen LogP contribution < -0.4 is 14.4 Å². The van der Waals surface area contributed by atoms with E-state index in [2.05, 4.69) is 34.2 Å². The van der Waals surface area contributed by atoms with E-state index in [1.807, 2.05) is 73.7 Å². The Hall–Kier alpha value is -4.04. The average molecular weight is 513 g/mol. The lowest BCUT2D eigenvalue weighted by Crippen LogP contribution is -2.26. The molecule has 0 fully saturated rings. The smallest absolute Gasteiger partial charge is 0.311 e. The van der Waals surface area contributed by atoms with Crippen molar-refractivity contribution in [1.82, 2.24) is 5.01 Å². The van der Waals surface area contributed by atoms with E-state index < -0.39 is 0 Å². The molecule has 37 heavy (non-hydrogen) atoms. The van der Waals surface area contributed by atoms with E-state index in [1.165, 1.54) is 0 Å². The molecule has 2 aliphatic rings. The number of carbonyl (C=O) groups excluding carboxylic acids is 1. The van der Waals surface area contributed by atoms with Crippen LogP contribution in [0.2, 0.25) is 0 Å². The van der Waals surface area contributed by atoms with Crippen molar-refractivity contribution in [3.05, 3.63) is 94.4 Å². The van der Waals surface area contributed by atoms with Gasteiger partial charge in [0.25, 0.3) is 0 Å². The molecule has 0 aromatic heterocycles. The van der Waals surface area contributed by atoms with Gasteiger partial charge < -0.3 is 14.4 Å². The maximum atomic E-state index is 12.6. The fourth-order valence-electron chi connectivity index (χ4n) is 4.41. The number of benzene rings is 3. The molecule has 0 N–H and O–H groups in total. The number of para-hydroxylation sites is 1. The van der Waals surface area contributed by atoms with Crippen LogP contribution in [-0.2, 0) is 0 Å². The van der Waals surface area contributed by atoms with Crippen molar-refractivity contribution in [3.8, 4) is 11.5 Å². The molecule has 3 aromatic carbocycles. The van der Waals surface area contributed by atoms with Gasteiger partial charge in [0.05, 0.1) is 30.9 Å². The number of rotatable bonds is 6. The standard InChI is InChI=1S/C29H28N4O3S/c1-32(2)22-13-9-20(10-14-22)25-18-24(19-11-15-23(35-3)16-12-19)31-33(25)28-27(37-29(34)30-28)17-21-7-5-6-8-26(21)36-4/h5-17,25H,18H2,1-4H3/b27-17-. The molecule has 1 amide bonds. The summed E-state index contributed by atoms with van der Waals surface area (Å²) < 4.78 is 10.8. The van der Waals surface area contributed by atoms with E-state index >= 15 is 0 Å². The Morgan fingerprint density at radius 1 is 0.973 bits per heavy atom. The maximum Gasteiger partial charge on any atom is 0.311 e. The molecule has 1 atom stereocenters. The molecule has 2 aliphatic heterocycles. The molecule has 188 valence electrons. The molecule has 5 rings (SSSR count). The summed E-state index contributed by atoms with van der Waals surface area (Å²) in [5, 5.41) is 6.64. The Labute approximate surface area is 221 Å². The Bertz CT molecular complexity index is 1400. The molecule has 8 heteroatoms. The van der Waals surface area contributed by atoms with E-state index in [9.17, 15) is 4.79 Å². The summed E-state index contributed by atoms with van der Waals surface area (Å²) in [5.74, 6) is 2.07. The van der Waals surface area contributed by atoms with Crippen LogP contribution in [0.15, 0.2) is 87.8 Å². The molecule has 0 saturated carbocycles. The van der Waals surface area contributed by atoms with Crippen molar-refractivity contribution in [3.63, 3.8) is 0 Å². The molecule has 0 bridgehead atoms. The highest BCUT2D eigenvalue weighted by Gasteiger charge is 2.37. The number of anilines is 1. The summed E-state index contributed by atoms with van der Waals surface area (Å²) in [6.07, 6.45) is 2.62. The molecule has 0 spiro atoms. The van der Waals surface area contributed by atoms with Crippen LogP contribution in [0, 0.1) is 0 Å². The third kappa shape index (κ3) is 5.11. The number of thioether (sulfide) groups is 1. The highest BCUT2D eigenvalue weighted by Crippen LogP contribution is 2.40. The van der Waals surface area contributed by atoms with Crippen LogP contribution in [-0.4, -0.2) is 50.1 Å². The molecule has 3 aromatic rings. The summed E-state index contributed by atoms with van der Waals surface area (Å²) in [5.41, 5.74) is 5.02. The fourth-order valence-corrected chi connectivity index (χ4v) is 5.14. The quantitative estimate of drug-likeness (QED) is 0.390. The summed E-state index contributed by atoms with van der Waals surface area (Å²) in [6.45, 7) is 0. The lowest BCUT2D eigenvalue weighted by molar-refractivity contribution is 0.267. The Kier molecular flexibility index (Phi) is 7.01. The topological polar surface area (TPSA) is 66.7 Å². The number of amidine groups is 1. The van der Waals surface area contributed by atoms with Crippen LogP contribution >= 0.6 is 11.8 Å². The van der Waals surface area contributed by atoms with E-state index in [0.717, 1.165) is 56.3 Å². The fraction of sp³-hybridized carbons (Fsp3) is 0.207.